The van der Waals surface area contributed by atoms with Crippen LogP contribution in [0.25, 0.3) is 11.4 Å². The molecule has 7 nitrogen and oxygen atoms in total. The number of fused-ring (bicyclic) bond motifs is 1. The molecular weight excluding hydrogens is 272 g/mol. The number of aryl methyl sites for hydroxylation is 1. The minimum Gasteiger partial charge on any atom is -0.388 e. The highest BCUT2D eigenvalue weighted by Crippen LogP contribution is 2.36. The van der Waals surface area contributed by atoms with Crippen LogP contribution in [0.15, 0.2) is 24.8 Å². The zero-order valence-electron chi connectivity index (χ0n) is 11.6. The number of hydrogen-bond donors (Lipinski definition) is 1. The van der Waals surface area contributed by atoms with E-state index >= 15 is 0 Å². The van der Waals surface area contributed by atoms with Crippen molar-refractivity contribution in [3.63, 3.8) is 0 Å². The molecule has 1 N–H and O–H groups in total. The molecular formula is C14H16N4O3. The summed E-state index contributed by atoms with van der Waals surface area (Å²) in [5, 5.41) is 9.84. The van der Waals surface area contributed by atoms with E-state index in [9.17, 15) is 5.11 Å². The standard InChI is InChI=1S/C14H16N4O3/c1-8-16-4-9(5-17-8)14-15-2-3-18(14)10-6-20-13-11(19)7-21-12(10)13/h2-5,10-13,19H,6-7H2,1H3/t10-,11+,12+,13+/m0/s1. The Morgan fingerprint density at radius 3 is 2.71 bits per heavy atom. The maximum absolute atomic E-state index is 9.84. The van der Waals surface area contributed by atoms with Gasteiger partial charge in [0.15, 0.2) is 0 Å². The first-order chi connectivity index (χ1) is 10.2. The Bertz CT molecular complexity index is 642. The average Bonchev–Trinajstić information content (AvgIpc) is 3.17. The number of hydrogen-bond acceptors (Lipinski definition) is 6. The molecule has 110 valence electrons. The fraction of sp³-hybridized carbons (Fsp3) is 0.500. The first-order valence-corrected chi connectivity index (χ1v) is 6.97. The number of aliphatic hydroxyl groups is 1. The highest BCUT2D eigenvalue weighted by molar-refractivity contribution is 5.52. The smallest absolute Gasteiger partial charge is 0.143 e. The molecule has 0 bridgehead atoms. The van der Waals surface area contributed by atoms with Crippen molar-refractivity contribution in [2.45, 2.75) is 31.3 Å². The molecule has 0 spiro atoms. The molecule has 2 aromatic heterocycles. The molecule has 2 aliphatic heterocycles. The third kappa shape index (κ3) is 2.05. The van der Waals surface area contributed by atoms with Gasteiger partial charge in [0.1, 0.15) is 30.0 Å². The first-order valence-electron chi connectivity index (χ1n) is 6.97. The van der Waals surface area contributed by atoms with E-state index in [4.69, 9.17) is 9.47 Å². The summed E-state index contributed by atoms with van der Waals surface area (Å²) in [6.45, 7) is 2.67. The highest BCUT2D eigenvalue weighted by atomic mass is 16.6. The zero-order chi connectivity index (χ0) is 14.4. The third-order valence-electron chi connectivity index (χ3n) is 4.07. The lowest BCUT2D eigenvalue weighted by atomic mass is 10.1. The summed E-state index contributed by atoms with van der Waals surface area (Å²) in [5.41, 5.74) is 0.854. The highest BCUT2D eigenvalue weighted by Gasteiger charge is 2.48. The van der Waals surface area contributed by atoms with Crippen LogP contribution in [0, 0.1) is 6.92 Å². The van der Waals surface area contributed by atoms with Crippen LogP contribution in [-0.2, 0) is 9.47 Å². The lowest BCUT2D eigenvalue weighted by molar-refractivity contribution is 0.0172. The Hall–Kier alpha value is -1.83. The summed E-state index contributed by atoms with van der Waals surface area (Å²) in [4.78, 5) is 12.8. The molecule has 2 aromatic rings. The van der Waals surface area contributed by atoms with Crippen molar-refractivity contribution in [2.75, 3.05) is 13.2 Å². The van der Waals surface area contributed by atoms with Gasteiger partial charge in [0.2, 0.25) is 0 Å². The summed E-state index contributed by atoms with van der Waals surface area (Å²) in [7, 11) is 0. The number of imidazole rings is 1. The van der Waals surface area contributed by atoms with Crippen molar-refractivity contribution in [3.8, 4) is 11.4 Å². The van der Waals surface area contributed by atoms with Gasteiger partial charge in [-0.05, 0) is 6.92 Å². The van der Waals surface area contributed by atoms with Crippen molar-refractivity contribution in [3.05, 3.63) is 30.6 Å². The van der Waals surface area contributed by atoms with Gasteiger partial charge in [-0.2, -0.15) is 0 Å². The van der Waals surface area contributed by atoms with E-state index in [0.29, 0.717) is 13.2 Å². The van der Waals surface area contributed by atoms with Gasteiger partial charge in [-0.15, -0.1) is 0 Å². The molecule has 0 aromatic carbocycles. The molecule has 4 atom stereocenters. The van der Waals surface area contributed by atoms with E-state index in [1.807, 2.05) is 17.7 Å². The van der Waals surface area contributed by atoms with E-state index < -0.39 is 6.10 Å². The molecule has 0 saturated carbocycles. The van der Waals surface area contributed by atoms with Crippen molar-refractivity contribution in [1.82, 2.24) is 19.5 Å². The fourth-order valence-corrected chi connectivity index (χ4v) is 3.01. The SMILES string of the molecule is Cc1ncc(-c2nccn2[C@H]2CO[C@H]3[C@@H]2OC[C@H]3O)cn1. The molecule has 0 unspecified atom stereocenters. The normalized spacial score (nSPS) is 31.5. The van der Waals surface area contributed by atoms with Crippen molar-refractivity contribution < 1.29 is 14.6 Å². The van der Waals surface area contributed by atoms with Gasteiger partial charge in [-0.25, -0.2) is 15.0 Å². The quantitative estimate of drug-likeness (QED) is 0.858. The van der Waals surface area contributed by atoms with Crippen molar-refractivity contribution >= 4 is 0 Å². The number of nitrogens with zero attached hydrogens (tertiary/aromatic N) is 4. The maximum atomic E-state index is 9.84. The molecule has 21 heavy (non-hydrogen) atoms. The molecule has 0 radical (unpaired) electrons. The predicted molar refractivity (Wildman–Crippen MR) is 72.5 cm³/mol. The van der Waals surface area contributed by atoms with Crippen LogP contribution < -0.4 is 0 Å². The van der Waals surface area contributed by atoms with Crippen LogP contribution >= 0.6 is 0 Å². The summed E-state index contributed by atoms with van der Waals surface area (Å²) < 4.78 is 13.4. The molecule has 7 heteroatoms. The second-order valence-electron chi connectivity index (χ2n) is 5.41. The summed E-state index contributed by atoms with van der Waals surface area (Å²) >= 11 is 0. The number of ether oxygens (including phenoxy) is 2. The van der Waals surface area contributed by atoms with E-state index in [1.54, 1.807) is 18.6 Å². The van der Waals surface area contributed by atoms with E-state index in [2.05, 4.69) is 15.0 Å². The molecule has 0 amide bonds. The first kappa shape index (κ1) is 12.9. The monoisotopic (exact) mass is 288 g/mol. The van der Waals surface area contributed by atoms with E-state index in [-0.39, 0.29) is 18.2 Å². The van der Waals surface area contributed by atoms with E-state index in [1.165, 1.54) is 0 Å². The second-order valence-corrected chi connectivity index (χ2v) is 5.41. The van der Waals surface area contributed by atoms with Crippen LogP contribution in [0.2, 0.25) is 0 Å². The Kier molecular flexibility index (Phi) is 2.99. The van der Waals surface area contributed by atoms with Gasteiger partial charge in [0, 0.05) is 24.8 Å². The third-order valence-corrected chi connectivity index (χ3v) is 4.07. The number of rotatable bonds is 2. The Balaban J connectivity index is 1.68. The Labute approximate surface area is 121 Å². The average molecular weight is 288 g/mol. The van der Waals surface area contributed by atoms with Gasteiger partial charge in [-0.1, -0.05) is 0 Å². The maximum Gasteiger partial charge on any atom is 0.143 e. The van der Waals surface area contributed by atoms with Gasteiger partial charge in [-0.3, -0.25) is 0 Å². The molecule has 4 rings (SSSR count). The van der Waals surface area contributed by atoms with Gasteiger partial charge >= 0.3 is 0 Å². The van der Waals surface area contributed by atoms with Crippen LogP contribution in [0.4, 0.5) is 0 Å². The summed E-state index contributed by atoms with van der Waals surface area (Å²) in [6, 6.07) is 0.00551. The van der Waals surface area contributed by atoms with Crippen LogP contribution in [0.3, 0.4) is 0 Å². The number of aliphatic hydroxyl groups excluding tert-OH is 1. The molecule has 2 fully saturated rings. The topological polar surface area (TPSA) is 82.3 Å². The van der Waals surface area contributed by atoms with Gasteiger partial charge < -0.3 is 19.1 Å². The lowest BCUT2D eigenvalue weighted by Gasteiger charge is -2.19. The largest absolute Gasteiger partial charge is 0.388 e. The zero-order valence-corrected chi connectivity index (χ0v) is 11.6. The van der Waals surface area contributed by atoms with Crippen LogP contribution in [0.5, 0.6) is 0 Å². The number of aromatic nitrogens is 4. The van der Waals surface area contributed by atoms with Crippen LogP contribution in [-0.4, -0.2) is 56.2 Å². The summed E-state index contributed by atoms with van der Waals surface area (Å²) in [5.74, 6) is 1.51. The minimum absolute atomic E-state index is 0.00551. The molecule has 2 saturated heterocycles. The summed E-state index contributed by atoms with van der Waals surface area (Å²) in [6.07, 6.45) is 6.24. The van der Waals surface area contributed by atoms with Crippen LogP contribution in [0.1, 0.15) is 11.9 Å². The Morgan fingerprint density at radius 1 is 1.14 bits per heavy atom. The minimum atomic E-state index is -0.547. The van der Waals surface area contributed by atoms with Crippen molar-refractivity contribution in [2.24, 2.45) is 0 Å². The van der Waals surface area contributed by atoms with Gasteiger partial charge in [0.25, 0.3) is 0 Å². The Morgan fingerprint density at radius 2 is 1.90 bits per heavy atom. The van der Waals surface area contributed by atoms with Gasteiger partial charge in [0.05, 0.1) is 24.8 Å². The lowest BCUT2D eigenvalue weighted by Crippen LogP contribution is -2.30. The molecule has 2 aliphatic rings. The molecule has 0 aliphatic carbocycles. The fourth-order valence-electron chi connectivity index (χ4n) is 3.01. The molecule has 4 heterocycles. The predicted octanol–water partition coefficient (Wildman–Crippen LogP) is 0.348. The van der Waals surface area contributed by atoms with E-state index in [0.717, 1.165) is 17.2 Å². The van der Waals surface area contributed by atoms with Crippen molar-refractivity contribution in [1.29, 1.82) is 0 Å². The second kappa shape index (κ2) is 4.87.